The Labute approximate surface area is 167 Å². The van der Waals surface area contributed by atoms with Crippen molar-refractivity contribution < 1.29 is 9.53 Å². The van der Waals surface area contributed by atoms with Gasteiger partial charge in [-0.15, -0.1) is 0 Å². The molecule has 0 radical (unpaired) electrons. The Morgan fingerprint density at radius 2 is 2.07 bits per heavy atom. The summed E-state index contributed by atoms with van der Waals surface area (Å²) in [5, 5.41) is 0.460. The Bertz CT molecular complexity index is 1060. The number of morpholine rings is 1. The molecule has 2 aliphatic rings. The van der Waals surface area contributed by atoms with Crippen LogP contribution in [0.15, 0.2) is 30.6 Å². The monoisotopic (exact) mass is 395 g/mol. The third-order valence-corrected chi connectivity index (χ3v) is 6.17. The third-order valence-electron chi connectivity index (χ3n) is 5.21. The Hall–Kier alpha value is -2.58. The van der Waals surface area contributed by atoms with E-state index in [0.717, 1.165) is 29.3 Å². The van der Waals surface area contributed by atoms with Crippen LogP contribution in [0.25, 0.3) is 10.3 Å². The van der Waals surface area contributed by atoms with Crippen molar-refractivity contribution in [3.05, 3.63) is 41.2 Å². The largest absolute Gasteiger partial charge is 0.372 e. The van der Waals surface area contributed by atoms with Crippen molar-refractivity contribution in [2.45, 2.75) is 25.9 Å². The number of thiazole rings is 1. The standard InChI is InChI=1S/C20H21N5O2S/c1-20(2)11-24(9-10-27-20)19(26)18-23-15-16(21-12-22-17(15)28-18)25-8-7-13-5-3-4-6-14(13)25/h3-6,12H,7-11H2,1-2H3. The molecule has 28 heavy (non-hydrogen) atoms. The second kappa shape index (κ2) is 6.49. The minimum absolute atomic E-state index is 0.0628. The van der Waals surface area contributed by atoms with Crippen LogP contribution in [0.5, 0.6) is 0 Å². The number of aromatic nitrogens is 3. The Kier molecular flexibility index (Phi) is 4.06. The van der Waals surface area contributed by atoms with Crippen molar-refractivity contribution in [1.82, 2.24) is 19.9 Å². The van der Waals surface area contributed by atoms with Crippen LogP contribution in [0.1, 0.15) is 29.2 Å². The molecule has 0 N–H and O–H groups in total. The summed E-state index contributed by atoms with van der Waals surface area (Å²) in [4.78, 5) is 31.3. The number of hydrogen-bond donors (Lipinski definition) is 0. The van der Waals surface area contributed by atoms with Crippen LogP contribution < -0.4 is 4.90 Å². The first-order valence-corrected chi connectivity index (χ1v) is 10.2. The number of carbonyl (C=O) groups excluding carboxylic acids is 1. The highest BCUT2D eigenvalue weighted by molar-refractivity contribution is 7.19. The molecule has 1 aromatic carbocycles. The molecule has 5 rings (SSSR count). The second-order valence-electron chi connectivity index (χ2n) is 7.74. The molecule has 3 aromatic rings. The number of amides is 1. The topological polar surface area (TPSA) is 71.5 Å². The molecule has 1 fully saturated rings. The molecule has 2 aromatic heterocycles. The van der Waals surface area contributed by atoms with Crippen molar-refractivity contribution >= 4 is 39.1 Å². The van der Waals surface area contributed by atoms with Crippen molar-refractivity contribution in [3.8, 4) is 0 Å². The van der Waals surface area contributed by atoms with Gasteiger partial charge in [0.15, 0.2) is 10.8 Å². The summed E-state index contributed by atoms with van der Waals surface area (Å²) in [6, 6.07) is 8.33. The van der Waals surface area contributed by atoms with Gasteiger partial charge in [0, 0.05) is 25.3 Å². The fourth-order valence-corrected chi connectivity index (χ4v) is 4.78. The molecule has 8 heteroatoms. The molecule has 0 bridgehead atoms. The summed E-state index contributed by atoms with van der Waals surface area (Å²) in [5.41, 5.74) is 2.81. The minimum Gasteiger partial charge on any atom is -0.372 e. The lowest BCUT2D eigenvalue weighted by Gasteiger charge is -2.37. The highest BCUT2D eigenvalue weighted by atomic mass is 32.1. The number of benzene rings is 1. The highest BCUT2D eigenvalue weighted by Crippen LogP contribution is 2.37. The van der Waals surface area contributed by atoms with E-state index in [9.17, 15) is 4.79 Å². The number of hydrogen-bond acceptors (Lipinski definition) is 7. The summed E-state index contributed by atoms with van der Waals surface area (Å²) < 4.78 is 5.72. The van der Waals surface area contributed by atoms with E-state index < -0.39 is 0 Å². The zero-order chi connectivity index (χ0) is 19.3. The summed E-state index contributed by atoms with van der Waals surface area (Å²) in [6.45, 7) is 6.53. The maximum Gasteiger partial charge on any atom is 0.283 e. The first-order chi connectivity index (χ1) is 13.5. The molecular formula is C20H21N5O2S. The molecule has 0 saturated carbocycles. The lowest BCUT2D eigenvalue weighted by molar-refractivity contribution is -0.0763. The van der Waals surface area contributed by atoms with Crippen LogP contribution in [0.2, 0.25) is 0 Å². The fraction of sp³-hybridized carbons (Fsp3) is 0.400. The minimum atomic E-state index is -0.338. The van der Waals surface area contributed by atoms with Gasteiger partial charge in [0.1, 0.15) is 16.7 Å². The van der Waals surface area contributed by atoms with Gasteiger partial charge in [0.05, 0.1) is 12.2 Å². The summed E-state index contributed by atoms with van der Waals surface area (Å²) in [5.74, 6) is 0.708. The number of ether oxygens (including phenoxy) is 1. The van der Waals surface area contributed by atoms with Gasteiger partial charge in [-0.2, -0.15) is 0 Å². The van der Waals surface area contributed by atoms with E-state index in [1.165, 1.54) is 16.9 Å². The Morgan fingerprint density at radius 3 is 2.93 bits per heavy atom. The smallest absolute Gasteiger partial charge is 0.283 e. The van der Waals surface area contributed by atoms with E-state index in [0.29, 0.717) is 30.2 Å². The van der Waals surface area contributed by atoms with E-state index in [1.54, 1.807) is 6.33 Å². The van der Waals surface area contributed by atoms with E-state index in [4.69, 9.17) is 4.74 Å². The van der Waals surface area contributed by atoms with Crippen molar-refractivity contribution in [2.24, 2.45) is 0 Å². The van der Waals surface area contributed by atoms with Gasteiger partial charge < -0.3 is 14.5 Å². The van der Waals surface area contributed by atoms with E-state index in [-0.39, 0.29) is 11.5 Å². The number of carbonyl (C=O) groups is 1. The molecular weight excluding hydrogens is 374 g/mol. The molecule has 0 spiro atoms. The van der Waals surface area contributed by atoms with Gasteiger partial charge in [-0.1, -0.05) is 29.5 Å². The Morgan fingerprint density at radius 1 is 1.21 bits per heavy atom. The van der Waals surface area contributed by atoms with Crippen LogP contribution >= 0.6 is 11.3 Å². The molecule has 1 amide bonds. The van der Waals surface area contributed by atoms with Crippen LogP contribution in [0.4, 0.5) is 11.5 Å². The molecule has 0 aliphatic carbocycles. The third kappa shape index (κ3) is 2.93. The van der Waals surface area contributed by atoms with Gasteiger partial charge in [-0.25, -0.2) is 15.0 Å². The lowest BCUT2D eigenvalue weighted by Crippen LogP contribution is -2.50. The zero-order valence-corrected chi connectivity index (χ0v) is 16.7. The second-order valence-corrected chi connectivity index (χ2v) is 8.71. The molecule has 7 nitrogen and oxygen atoms in total. The summed E-state index contributed by atoms with van der Waals surface area (Å²) >= 11 is 1.33. The van der Waals surface area contributed by atoms with Gasteiger partial charge in [-0.05, 0) is 31.9 Å². The van der Waals surface area contributed by atoms with Crippen LogP contribution in [-0.4, -0.2) is 57.6 Å². The number of rotatable bonds is 2. The maximum absolute atomic E-state index is 13.0. The van der Waals surface area contributed by atoms with Crippen LogP contribution in [0, 0.1) is 0 Å². The molecule has 0 unspecified atom stereocenters. The quantitative estimate of drug-likeness (QED) is 0.664. The van der Waals surface area contributed by atoms with E-state index >= 15 is 0 Å². The van der Waals surface area contributed by atoms with Gasteiger partial charge in [0.25, 0.3) is 5.91 Å². The van der Waals surface area contributed by atoms with Crippen molar-refractivity contribution in [2.75, 3.05) is 31.1 Å². The molecule has 1 saturated heterocycles. The number of nitrogens with zero attached hydrogens (tertiary/aromatic N) is 5. The van der Waals surface area contributed by atoms with Crippen LogP contribution in [0.3, 0.4) is 0 Å². The fourth-order valence-electron chi connectivity index (χ4n) is 3.91. The highest BCUT2D eigenvalue weighted by Gasteiger charge is 2.32. The molecule has 2 aliphatic heterocycles. The van der Waals surface area contributed by atoms with Gasteiger partial charge >= 0.3 is 0 Å². The van der Waals surface area contributed by atoms with E-state index in [2.05, 4.69) is 38.1 Å². The predicted octanol–water partition coefficient (Wildman–Crippen LogP) is 3.03. The average Bonchev–Trinajstić information content (AvgIpc) is 3.30. The molecule has 0 atom stereocenters. The van der Waals surface area contributed by atoms with Crippen molar-refractivity contribution in [3.63, 3.8) is 0 Å². The zero-order valence-electron chi connectivity index (χ0n) is 15.9. The first kappa shape index (κ1) is 17.5. The molecule has 4 heterocycles. The number of fused-ring (bicyclic) bond motifs is 2. The average molecular weight is 395 g/mol. The lowest BCUT2D eigenvalue weighted by atomic mass is 10.1. The number of anilines is 2. The van der Waals surface area contributed by atoms with Crippen LogP contribution in [-0.2, 0) is 11.2 Å². The van der Waals surface area contributed by atoms with Gasteiger partial charge in [-0.3, -0.25) is 4.79 Å². The summed E-state index contributed by atoms with van der Waals surface area (Å²) in [7, 11) is 0. The molecule has 144 valence electrons. The van der Waals surface area contributed by atoms with Crippen molar-refractivity contribution in [1.29, 1.82) is 0 Å². The number of para-hydroxylation sites is 1. The SMILES string of the molecule is CC1(C)CN(C(=O)c2nc3c(N4CCc5ccccc54)ncnc3s2)CCO1. The first-order valence-electron chi connectivity index (χ1n) is 9.42. The Balaban J connectivity index is 1.51. The normalized spacial score (nSPS) is 18.5. The maximum atomic E-state index is 13.0. The predicted molar refractivity (Wildman–Crippen MR) is 108 cm³/mol. The van der Waals surface area contributed by atoms with E-state index in [1.807, 2.05) is 24.8 Å². The van der Waals surface area contributed by atoms with Gasteiger partial charge in [0.2, 0.25) is 0 Å². The summed E-state index contributed by atoms with van der Waals surface area (Å²) in [6.07, 6.45) is 2.53.